The molecule has 1 nitrogen and oxygen atoms in total. The van der Waals surface area contributed by atoms with E-state index in [0.717, 1.165) is 18.4 Å². The average molecular weight is 235 g/mol. The van der Waals surface area contributed by atoms with Crippen molar-refractivity contribution < 1.29 is 4.39 Å². The zero-order valence-electron chi connectivity index (χ0n) is 11.0. The fourth-order valence-corrected chi connectivity index (χ4v) is 2.72. The average Bonchev–Trinajstić information content (AvgIpc) is 2.96. The molecule has 0 aromatic heterocycles. The number of hydrogen-bond acceptors (Lipinski definition) is 1. The first-order valence-corrected chi connectivity index (χ1v) is 6.38. The van der Waals surface area contributed by atoms with Crippen LogP contribution in [-0.2, 0) is 11.8 Å². The van der Waals surface area contributed by atoms with Gasteiger partial charge < -0.3 is 5.73 Å². The summed E-state index contributed by atoms with van der Waals surface area (Å²) in [6.07, 6.45) is 2.74. The summed E-state index contributed by atoms with van der Waals surface area (Å²) in [7, 11) is 0. The second-order valence-electron chi connectivity index (χ2n) is 6.00. The summed E-state index contributed by atoms with van der Waals surface area (Å²) in [6, 6.07) is 8.33. The van der Waals surface area contributed by atoms with Crippen LogP contribution in [0.2, 0.25) is 0 Å². The van der Waals surface area contributed by atoms with Gasteiger partial charge in [0.15, 0.2) is 0 Å². The molecule has 2 heteroatoms. The van der Waals surface area contributed by atoms with Crippen LogP contribution in [0.25, 0.3) is 0 Å². The predicted octanol–water partition coefficient (Wildman–Crippen LogP) is 3.36. The first-order valence-electron chi connectivity index (χ1n) is 6.38. The van der Waals surface area contributed by atoms with Crippen molar-refractivity contribution in [1.82, 2.24) is 0 Å². The Balaban J connectivity index is 2.35. The van der Waals surface area contributed by atoms with Crippen LogP contribution in [0.1, 0.15) is 44.7 Å². The van der Waals surface area contributed by atoms with Crippen LogP contribution in [0, 0.1) is 0 Å². The lowest BCUT2D eigenvalue weighted by Gasteiger charge is -2.25. The van der Waals surface area contributed by atoms with Crippen molar-refractivity contribution >= 4 is 0 Å². The monoisotopic (exact) mass is 235 g/mol. The van der Waals surface area contributed by atoms with Crippen LogP contribution < -0.4 is 5.73 Å². The number of rotatable bonds is 4. The van der Waals surface area contributed by atoms with E-state index in [4.69, 9.17) is 5.73 Å². The molecule has 0 aliphatic heterocycles. The molecule has 1 fully saturated rings. The van der Waals surface area contributed by atoms with Gasteiger partial charge in [0.1, 0.15) is 5.67 Å². The Morgan fingerprint density at radius 3 is 2.41 bits per heavy atom. The van der Waals surface area contributed by atoms with E-state index in [1.54, 1.807) is 13.8 Å². The van der Waals surface area contributed by atoms with E-state index in [2.05, 4.69) is 13.0 Å². The third-order valence-corrected chi connectivity index (χ3v) is 3.82. The minimum Gasteiger partial charge on any atom is -0.327 e. The van der Waals surface area contributed by atoms with E-state index >= 15 is 0 Å². The van der Waals surface area contributed by atoms with Gasteiger partial charge in [-0.2, -0.15) is 0 Å². The summed E-state index contributed by atoms with van der Waals surface area (Å²) < 4.78 is 13.8. The van der Waals surface area contributed by atoms with E-state index in [9.17, 15) is 4.39 Å². The third-order valence-electron chi connectivity index (χ3n) is 3.82. The van der Waals surface area contributed by atoms with E-state index < -0.39 is 5.67 Å². The first kappa shape index (κ1) is 12.6. The molecular weight excluding hydrogens is 213 g/mol. The zero-order valence-corrected chi connectivity index (χ0v) is 11.0. The molecule has 0 spiro atoms. The Morgan fingerprint density at radius 2 is 1.94 bits per heavy atom. The molecule has 1 atom stereocenters. The highest BCUT2D eigenvalue weighted by Gasteiger charge is 2.48. The maximum Gasteiger partial charge on any atom is 0.109 e. The van der Waals surface area contributed by atoms with Crippen molar-refractivity contribution in [2.75, 3.05) is 0 Å². The van der Waals surface area contributed by atoms with Crippen LogP contribution in [0.5, 0.6) is 0 Å². The molecule has 2 N–H and O–H groups in total. The highest BCUT2D eigenvalue weighted by molar-refractivity contribution is 5.40. The number of hydrogen-bond donors (Lipinski definition) is 1. The van der Waals surface area contributed by atoms with Crippen molar-refractivity contribution in [3.63, 3.8) is 0 Å². The Morgan fingerprint density at radius 1 is 1.35 bits per heavy atom. The fraction of sp³-hybridized carbons (Fsp3) is 0.600. The molecule has 0 heterocycles. The molecule has 0 amide bonds. The van der Waals surface area contributed by atoms with Gasteiger partial charge in [0.25, 0.3) is 0 Å². The van der Waals surface area contributed by atoms with Gasteiger partial charge >= 0.3 is 0 Å². The summed E-state index contributed by atoms with van der Waals surface area (Å²) in [5, 5.41) is 0. The molecule has 1 aromatic carbocycles. The summed E-state index contributed by atoms with van der Waals surface area (Å²) in [6.45, 7) is 5.33. The minimum absolute atomic E-state index is 0.113. The standard InChI is InChI=1S/C15H22FN/c1-11(17)15(8-9-15)13-7-5-4-6-12(13)10-14(2,3)16/h4-7,11H,8-10,17H2,1-3H3. The maximum absolute atomic E-state index is 13.8. The van der Waals surface area contributed by atoms with Crippen molar-refractivity contribution in [3.05, 3.63) is 35.4 Å². The van der Waals surface area contributed by atoms with Crippen molar-refractivity contribution in [2.45, 2.75) is 57.2 Å². The Bertz CT molecular complexity index is 400. The molecular formula is C15H22FN. The molecule has 0 bridgehead atoms. The van der Waals surface area contributed by atoms with Gasteiger partial charge in [0.2, 0.25) is 0 Å². The molecule has 2 rings (SSSR count). The first-order chi connectivity index (χ1) is 7.85. The molecule has 0 radical (unpaired) electrons. The number of benzene rings is 1. The Kier molecular flexibility index (Phi) is 3.03. The highest BCUT2D eigenvalue weighted by atomic mass is 19.1. The second kappa shape index (κ2) is 4.09. The predicted molar refractivity (Wildman–Crippen MR) is 69.9 cm³/mol. The lowest BCUT2D eigenvalue weighted by Crippen LogP contribution is -2.33. The lowest BCUT2D eigenvalue weighted by atomic mass is 9.83. The summed E-state index contributed by atoms with van der Waals surface area (Å²) in [5.41, 5.74) is 7.44. The number of halogens is 1. The number of nitrogens with two attached hydrogens (primary N) is 1. The second-order valence-corrected chi connectivity index (χ2v) is 6.00. The van der Waals surface area contributed by atoms with Gasteiger partial charge in [0, 0.05) is 17.9 Å². The summed E-state index contributed by atoms with van der Waals surface area (Å²) in [5.74, 6) is 0. The third kappa shape index (κ3) is 2.52. The largest absolute Gasteiger partial charge is 0.327 e. The quantitative estimate of drug-likeness (QED) is 0.851. The molecule has 1 aliphatic carbocycles. The summed E-state index contributed by atoms with van der Waals surface area (Å²) >= 11 is 0. The zero-order chi connectivity index (χ0) is 12.7. The molecule has 94 valence electrons. The van der Waals surface area contributed by atoms with Crippen molar-refractivity contribution in [3.8, 4) is 0 Å². The SMILES string of the molecule is CC(N)C1(c2ccccc2CC(C)(C)F)CC1. The van der Waals surface area contributed by atoms with Gasteiger partial charge in [-0.05, 0) is 44.7 Å². The van der Waals surface area contributed by atoms with Crippen molar-refractivity contribution in [2.24, 2.45) is 5.73 Å². The van der Waals surface area contributed by atoms with E-state index in [-0.39, 0.29) is 11.5 Å². The molecule has 1 unspecified atom stereocenters. The smallest absolute Gasteiger partial charge is 0.109 e. The van der Waals surface area contributed by atoms with E-state index in [1.807, 2.05) is 18.2 Å². The van der Waals surface area contributed by atoms with Gasteiger partial charge in [-0.15, -0.1) is 0 Å². The molecule has 0 saturated heterocycles. The van der Waals surface area contributed by atoms with Crippen molar-refractivity contribution in [1.29, 1.82) is 0 Å². The normalized spacial score (nSPS) is 20.1. The van der Waals surface area contributed by atoms with Crippen LogP contribution >= 0.6 is 0 Å². The van der Waals surface area contributed by atoms with E-state index in [0.29, 0.717) is 6.42 Å². The maximum atomic E-state index is 13.8. The molecule has 1 aromatic rings. The fourth-order valence-electron chi connectivity index (χ4n) is 2.72. The number of alkyl halides is 1. The molecule has 17 heavy (non-hydrogen) atoms. The summed E-state index contributed by atoms with van der Waals surface area (Å²) in [4.78, 5) is 0. The lowest BCUT2D eigenvalue weighted by molar-refractivity contribution is 0.216. The van der Waals surface area contributed by atoms with Gasteiger partial charge in [0.05, 0.1) is 0 Å². The Hall–Kier alpha value is -0.890. The van der Waals surface area contributed by atoms with E-state index in [1.165, 1.54) is 5.56 Å². The van der Waals surface area contributed by atoms with Gasteiger partial charge in [-0.3, -0.25) is 0 Å². The van der Waals surface area contributed by atoms with Crippen LogP contribution in [0.4, 0.5) is 4.39 Å². The Labute approximate surface area is 103 Å². The topological polar surface area (TPSA) is 26.0 Å². The van der Waals surface area contributed by atoms with Crippen LogP contribution in [0.3, 0.4) is 0 Å². The minimum atomic E-state index is -1.16. The van der Waals surface area contributed by atoms with Gasteiger partial charge in [-0.1, -0.05) is 24.3 Å². The van der Waals surface area contributed by atoms with Crippen LogP contribution in [-0.4, -0.2) is 11.7 Å². The molecule has 1 aliphatic rings. The van der Waals surface area contributed by atoms with Crippen LogP contribution in [0.15, 0.2) is 24.3 Å². The highest BCUT2D eigenvalue weighted by Crippen LogP contribution is 2.51. The molecule has 1 saturated carbocycles. The van der Waals surface area contributed by atoms with Gasteiger partial charge in [-0.25, -0.2) is 4.39 Å².